The minimum Gasteiger partial charge on any atom is -0.459 e. The van der Waals surface area contributed by atoms with Gasteiger partial charge in [-0.2, -0.15) is 0 Å². The highest BCUT2D eigenvalue weighted by molar-refractivity contribution is 14.1. The van der Waals surface area contributed by atoms with Crippen LogP contribution in [0, 0.1) is 3.57 Å². The van der Waals surface area contributed by atoms with Crippen LogP contribution in [0.1, 0.15) is 21.1 Å². The van der Waals surface area contributed by atoms with Crippen molar-refractivity contribution in [3.8, 4) is 0 Å². The minimum atomic E-state index is -0.548. The predicted molar refractivity (Wildman–Crippen MR) is 87.7 cm³/mol. The van der Waals surface area contributed by atoms with Crippen molar-refractivity contribution >= 4 is 40.1 Å². The van der Waals surface area contributed by atoms with Crippen LogP contribution in [0.15, 0.2) is 69.9 Å². The van der Waals surface area contributed by atoms with Gasteiger partial charge in [0.05, 0.1) is 18.2 Å². The molecule has 0 aliphatic heterocycles. The van der Waals surface area contributed by atoms with Crippen LogP contribution >= 0.6 is 22.6 Å². The van der Waals surface area contributed by atoms with E-state index in [1.54, 1.807) is 30.3 Å². The first-order valence-electron chi connectivity index (χ1n) is 6.38. The van der Waals surface area contributed by atoms with E-state index in [1.807, 2.05) is 6.07 Å². The van der Waals surface area contributed by atoms with Gasteiger partial charge in [0.25, 0.3) is 0 Å². The van der Waals surface area contributed by atoms with E-state index in [-0.39, 0.29) is 11.5 Å². The number of nitrogens with zero attached hydrogens (tertiary/aromatic N) is 1. The third-order valence-electron chi connectivity index (χ3n) is 2.94. The standard InChI is InChI=1S/C16H10INO4/c17-11-4-1-5-12(10-11)18(15(19)13-6-2-8-21-13)16(20)14-7-3-9-22-14/h1-10H. The van der Waals surface area contributed by atoms with Crippen molar-refractivity contribution in [1.82, 2.24) is 0 Å². The molecule has 0 aliphatic carbocycles. The largest absolute Gasteiger partial charge is 0.459 e. The average molecular weight is 407 g/mol. The predicted octanol–water partition coefficient (Wildman–Crippen LogP) is 3.96. The fraction of sp³-hybridized carbons (Fsp3) is 0. The van der Waals surface area contributed by atoms with Crippen molar-refractivity contribution < 1.29 is 18.4 Å². The SMILES string of the molecule is O=C(c1ccco1)N(C(=O)c1ccco1)c1cccc(I)c1. The fourth-order valence-electron chi connectivity index (χ4n) is 1.96. The second-order valence-corrected chi connectivity index (χ2v) is 5.63. The summed E-state index contributed by atoms with van der Waals surface area (Å²) in [4.78, 5) is 26.3. The molecule has 2 heterocycles. The van der Waals surface area contributed by atoms with Crippen molar-refractivity contribution in [3.63, 3.8) is 0 Å². The third kappa shape index (κ3) is 2.82. The molecular formula is C16H10INO4. The molecule has 0 N–H and O–H groups in total. The van der Waals surface area contributed by atoms with Gasteiger partial charge in [-0.05, 0) is 65.1 Å². The second kappa shape index (κ2) is 6.18. The molecule has 22 heavy (non-hydrogen) atoms. The normalized spacial score (nSPS) is 10.4. The molecule has 1 aromatic carbocycles. The van der Waals surface area contributed by atoms with E-state index >= 15 is 0 Å². The second-order valence-electron chi connectivity index (χ2n) is 4.38. The van der Waals surface area contributed by atoms with Crippen LogP contribution < -0.4 is 4.90 Å². The Morgan fingerprint density at radius 3 is 1.91 bits per heavy atom. The maximum atomic E-state index is 12.6. The quantitative estimate of drug-likeness (QED) is 0.487. The molecule has 2 amide bonds. The number of halogens is 1. The highest BCUT2D eigenvalue weighted by Gasteiger charge is 2.29. The van der Waals surface area contributed by atoms with Crippen LogP contribution in [0.2, 0.25) is 0 Å². The Labute approximate surface area is 139 Å². The van der Waals surface area contributed by atoms with E-state index in [0.717, 1.165) is 8.47 Å². The lowest BCUT2D eigenvalue weighted by Gasteiger charge is -2.19. The molecule has 6 heteroatoms. The van der Waals surface area contributed by atoms with Gasteiger partial charge < -0.3 is 8.83 Å². The summed E-state index contributed by atoms with van der Waals surface area (Å²) in [5.74, 6) is -0.931. The summed E-state index contributed by atoms with van der Waals surface area (Å²) >= 11 is 2.12. The molecule has 110 valence electrons. The van der Waals surface area contributed by atoms with Gasteiger partial charge in [0.2, 0.25) is 0 Å². The smallest absolute Gasteiger partial charge is 0.301 e. The minimum absolute atomic E-state index is 0.0822. The van der Waals surface area contributed by atoms with Crippen molar-refractivity contribution in [1.29, 1.82) is 0 Å². The van der Waals surface area contributed by atoms with Crippen LogP contribution in [0.25, 0.3) is 0 Å². The zero-order valence-corrected chi connectivity index (χ0v) is 13.4. The molecule has 5 nitrogen and oxygen atoms in total. The highest BCUT2D eigenvalue weighted by atomic mass is 127. The number of imide groups is 1. The summed E-state index contributed by atoms with van der Waals surface area (Å²) in [5.41, 5.74) is 0.453. The van der Waals surface area contributed by atoms with E-state index in [2.05, 4.69) is 22.6 Å². The van der Waals surface area contributed by atoms with Gasteiger partial charge in [-0.15, -0.1) is 0 Å². The Morgan fingerprint density at radius 2 is 1.45 bits per heavy atom. The van der Waals surface area contributed by atoms with Gasteiger partial charge in [-0.3, -0.25) is 9.59 Å². The Morgan fingerprint density at radius 1 is 0.864 bits per heavy atom. The lowest BCUT2D eigenvalue weighted by atomic mass is 10.2. The third-order valence-corrected chi connectivity index (χ3v) is 3.61. The van der Waals surface area contributed by atoms with E-state index in [4.69, 9.17) is 8.83 Å². The van der Waals surface area contributed by atoms with Crippen molar-refractivity contribution in [2.24, 2.45) is 0 Å². The van der Waals surface area contributed by atoms with E-state index in [9.17, 15) is 9.59 Å². The molecule has 0 fully saturated rings. The Balaban J connectivity index is 2.06. The van der Waals surface area contributed by atoms with Crippen molar-refractivity contribution in [2.75, 3.05) is 4.90 Å². The summed E-state index contributed by atoms with van der Waals surface area (Å²) in [6.07, 6.45) is 2.77. The molecule has 0 radical (unpaired) electrons. The van der Waals surface area contributed by atoms with E-state index < -0.39 is 11.8 Å². The molecular weight excluding hydrogens is 397 g/mol. The number of anilines is 1. The summed E-state index contributed by atoms with van der Waals surface area (Å²) in [6.45, 7) is 0. The first-order valence-corrected chi connectivity index (χ1v) is 7.46. The van der Waals surface area contributed by atoms with Gasteiger partial charge in [0.15, 0.2) is 11.5 Å². The fourth-order valence-corrected chi connectivity index (χ4v) is 2.49. The number of hydrogen-bond donors (Lipinski definition) is 0. The number of amides is 2. The molecule has 3 rings (SSSR count). The summed E-state index contributed by atoms with van der Waals surface area (Å²) in [6, 6.07) is 13.3. The monoisotopic (exact) mass is 407 g/mol. The lowest BCUT2D eigenvalue weighted by Crippen LogP contribution is -2.36. The van der Waals surface area contributed by atoms with Crippen LogP contribution in [0.5, 0.6) is 0 Å². The number of carbonyl (C=O) groups excluding carboxylic acids is 2. The van der Waals surface area contributed by atoms with Gasteiger partial charge in [-0.1, -0.05) is 6.07 Å². The number of hydrogen-bond acceptors (Lipinski definition) is 4. The molecule has 0 saturated carbocycles. The number of furan rings is 2. The van der Waals surface area contributed by atoms with Gasteiger partial charge >= 0.3 is 11.8 Å². The van der Waals surface area contributed by atoms with Gasteiger partial charge in [0, 0.05) is 3.57 Å². The zero-order chi connectivity index (χ0) is 15.5. The summed E-state index contributed by atoms with van der Waals surface area (Å²) in [5, 5.41) is 0. The van der Waals surface area contributed by atoms with Crippen molar-refractivity contribution in [3.05, 3.63) is 76.1 Å². The summed E-state index contributed by atoms with van der Waals surface area (Å²) in [7, 11) is 0. The Kier molecular flexibility index (Phi) is 4.10. The lowest BCUT2D eigenvalue weighted by molar-refractivity contribution is 0.0867. The topological polar surface area (TPSA) is 63.7 Å². The molecule has 0 atom stereocenters. The first-order chi connectivity index (χ1) is 10.7. The zero-order valence-electron chi connectivity index (χ0n) is 11.2. The molecule has 0 aliphatic rings. The van der Waals surface area contributed by atoms with Crippen LogP contribution in [-0.2, 0) is 0 Å². The van der Waals surface area contributed by atoms with Crippen molar-refractivity contribution in [2.45, 2.75) is 0 Å². The maximum Gasteiger partial charge on any atom is 0.301 e. The highest BCUT2D eigenvalue weighted by Crippen LogP contribution is 2.22. The van der Waals surface area contributed by atoms with Crippen LogP contribution in [0.3, 0.4) is 0 Å². The van der Waals surface area contributed by atoms with Gasteiger partial charge in [0.1, 0.15) is 0 Å². The Bertz CT molecular complexity index is 747. The van der Waals surface area contributed by atoms with Crippen LogP contribution in [0.4, 0.5) is 5.69 Å². The van der Waals surface area contributed by atoms with E-state index in [1.165, 1.54) is 24.7 Å². The Hall–Kier alpha value is -2.35. The first kappa shape index (κ1) is 14.6. The number of rotatable bonds is 3. The molecule has 0 bridgehead atoms. The van der Waals surface area contributed by atoms with Crippen LogP contribution in [-0.4, -0.2) is 11.8 Å². The molecule has 3 aromatic rings. The molecule has 2 aromatic heterocycles. The average Bonchev–Trinajstić information content (AvgIpc) is 3.21. The number of carbonyl (C=O) groups is 2. The molecule has 0 spiro atoms. The van der Waals surface area contributed by atoms with Gasteiger partial charge in [-0.25, -0.2) is 4.90 Å². The molecule has 0 unspecified atom stereocenters. The van der Waals surface area contributed by atoms with E-state index in [0.29, 0.717) is 5.69 Å². The maximum absolute atomic E-state index is 12.6. The number of benzene rings is 1. The molecule has 0 saturated heterocycles. The summed E-state index contributed by atoms with van der Waals surface area (Å²) < 4.78 is 11.1.